The Labute approximate surface area is 145 Å². The minimum absolute atomic E-state index is 0.0515. The second-order valence-electron chi connectivity index (χ2n) is 7.83. The normalized spacial score (nSPS) is 26.2. The summed E-state index contributed by atoms with van der Waals surface area (Å²) in [6.45, 7) is 4.23. The van der Waals surface area contributed by atoms with Crippen molar-refractivity contribution < 1.29 is 18.0 Å². The highest BCUT2D eigenvalue weighted by molar-refractivity contribution is 5.99. The zero-order valence-electron chi connectivity index (χ0n) is 14.6. The van der Waals surface area contributed by atoms with E-state index in [4.69, 9.17) is 0 Å². The minimum Gasteiger partial charge on any atom is -0.332 e. The molecule has 2 fully saturated rings. The first kappa shape index (κ1) is 16.9. The zero-order chi connectivity index (χ0) is 17.9. The van der Waals surface area contributed by atoms with Crippen LogP contribution < -0.4 is 0 Å². The second kappa shape index (κ2) is 5.73. The van der Waals surface area contributed by atoms with E-state index in [1.807, 2.05) is 13.8 Å². The molecule has 0 N–H and O–H groups in total. The highest BCUT2D eigenvalue weighted by Gasteiger charge is 2.42. The van der Waals surface area contributed by atoms with Gasteiger partial charge in [-0.2, -0.15) is 13.2 Å². The number of halogens is 3. The van der Waals surface area contributed by atoms with Gasteiger partial charge in [-0.3, -0.25) is 9.69 Å². The van der Waals surface area contributed by atoms with Gasteiger partial charge in [0.25, 0.3) is 5.91 Å². The zero-order valence-corrected chi connectivity index (χ0v) is 14.6. The maximum atomic E-state index is 13.6. The van der Waals surface area contributed by atoms with Gasteiger partial charge >= 0.3 is 6.18 Å². The Balaban J connectivity index is 1.72. The SMILES string of the molecule is CC(C)N1Cc2c(cc(CN3C4CCC3CC4)cc2C(F)(F)F)C1=O. The van der Waals surface area contributed by atoms with Crippen LogP contribution in [0.2, 0.25) is 0 Å². The number of carbonyl (C=O) groups is 1. The largest absolute Gasteiger partial charge is 0.416 e. The van der Waals surface area contributed by atoms with Crippen LogP contribution in [-0.2, 0) is 19.3 Å². The molecule has 0 aromatic heterocycles. The van der Waals surface area contributed by atoms with Crippen LogP contribution in [0.4, 0.5) is 13.2 Å². The Morgan fingerprint density at radius 3 is 2.24 bits per heavy atom. The quantitative estimate of drug-likeness (QED) is 0.814. The van der Waals surface area contributed by atoms with E-state index in [9.17, 15) is 18.0 Å². The molecule has 1 amide bonds. The van der Waals surface area contributed by atoms with Crippen molar-refractivity contribution in [2.24, 2.45) is 0 Å². The van der Waals surface area contributed by atoms with Gasteiger partial charge in [-0.25, -0.2) is 0 Å². The Bertz CT molecular complexity index is 693. The topological polar surface area (TPSA) is 23.6 Å². The number of fused-ring (bicyclic) bond motifs is 3. The van der Waals surface area contributed by atoms with Gasteiger partial charge < -0.3 is 4.90 Å². The average Bonchev–Trinajstić information content (AvgIpc) is 3.20. The summed E-state index contributed by atoms with van der Waals surface area (Å²) < 4.78 is 40.8. The van der Waals surface area contributed by atoms with Gasteiger partial charge in [0.2, 0.25) is 0 Å². The van der Waals surface area contributed by atoms with Crippen LogP contribution in [0.25, 0.3) is 0 Å². The molecule has 3 heterocycles. The number of alkyl halides is 3. The van der Waals surface area contributed by atoms with Crippen molar-refractivity contribution in [1.29, 1.82) is 0 Å². The molecule has 2 bridgehead atoms. The molecule has 6 heteroatoms. The van der Waals surface area contributed by atoms with Crippen molar-refractivity contribution in [3.63, 3.8) is 0 Å². The van der Waals surface area contributed by atoms with Crippen LogP contribution in [0.1, 0.15) is 66.6 Å². The molecule has 0 saturated carbocycles. The number of rotatable bonds is 3. The van der Waals surface area contributed by atoms with Crippen LogP contribution in [0.15, 0.2) is 12.1 Å². The Hall–Kier alpha value is -1.56. The van der Waals surface area contributed by atoms with Crippen molar-refractivity contribution in [2.45, 2.75) is 76.9 Å². The van der Waals surface area contributed by atoms with Crippen LogP contribution in [0.5, 0.6) is 0 Å². The van der Waals surface area contributed by atoms with Gasteiger partial charge in [0.1, 0.15) is 0 Å². The van der Waals surface area contributed by atoms with Crippen LogP contribution in [-0.4, -0.2) is 33.8 Å². The summed E-state index contributed by atoms with van der Waals surface area (Å²) in [7, 11) is 0. The molecule has 4 rings (SSSR count). The molecule has 3 nitrogen and oxygen atoms in total. The number of hydrogen-bond donors (Lipinski definition) is 0. The van der Waals surface area contributed by atoms with E-state index in [1.165, 1.54) is 11.0 Å². The number of benzene rings is 1. The third-order valence-corrected chi connectivity index (χ3v) is 6.03. The lowest BCUT2D eigenvalue weighted by molar-refractivity contribution is -0.138. The van der Waals surface area contributed by atoms with Crippen molar-refractivity contribution in [3.05, 3.63) is 34.4 Å². The molecule has 2 saturated heterocycles. The number of carbonyl (C=O) groups excluding carboxylic acids is 1. The van der Waals surface area contributed by atoms with Crippen LogP contribution >= 0.6 is 0 Å². The third-order valence-electron chi connectivity index (χ3n) is 6.03. The molecule has 3 aliphatic rings. The fourth-order valence-electron chi connectivity index (χ4n) is 4.74. The molecule has 25 heavy (non-hydrogen) atoms. The predicted molar refractivity (Wildman–Crippen MR) is 88.0 cm³/mol. The van der Waals surface area contributed by atoms with Gasteiger partial charge in [-0.1, -0.05) is 0 Å². The van der Waals surface area contributed by atoms with Crippen LogP contribution in [0, 0.1) is 0 Å². The minimum atomic E-state index is -4.43. The van der Waals surface area contributed by atoms with Crippen molar-refractivity contribution in [1.82, 2.24) is 9.80 Å². The lowest BCUT2D eigenvalue weighted by Crippen LogP contribution is -2.31. The lowest BCUT2D eigenvalue weighted by atomic mass is 9.98. The molecule has 0 spiro atoms. The Morgan fingerprint density at radius 2 is 1.72 bits per heavy atom. The van der Waals surface area contributed by atoms with E-state index >= 15 is 0 Å². The molecule has 3 aliphatic heterocycles. The fourth-order valence-corrected chi connectivity index (χ4v) is 4.74. The fraction of sp³-hybridized carbons (Fsp3) is 0.632. The highest BCUT2D eigenvalue weighted by Crippen LogP contribution is 2.41. The maximum absolute atomic E-state index is 13.6. The molecule has 1 aromatic rings. The molecule has 136 valence electrons. The molecule has 0 radical (unpaired) electrons. The number of hydrogen-bond acceptors (Lipinski definition) is 2. The first-order valence-corrected chi connectivity index (χ1v) is 9.05. The summed E-state index contributed by atoms with van der Waals surface area (Å²) in [5, 5.41) is 0. The van der Waals surface area contributed by atoms with E-state index < -0.39 is 11.7 Å². The van der Waals surface area contributed by atoms with E-state index in [1.54, 1.807) is 6.07 Å². The molecular formula is C19H23F3N2O. The molecular weight excluding hydrogens is 329 g/mol. The Morgan fingerprint density at radius 1 is 1.12 bits per heavy atom. The standard InChI is InChI=1S/C19H23F3N2O/c1-11(2)23-10-16-15(18(23)25)7-12(8-17(16)19(20,21)22)9-24-13-3-4-14(24)6-5-13/h7-8,11,13-14H,3-6,9-10H2,1-2H3. The van der Waals surface area contributed by atoms with E-state index in [2.05, 4.69) is 4.90 Å². The van der Waals surface area contributed by atoms with Gasteiger partial charge in [-0.15, -0.1) is 0 Å². The number of amides is 1. The summed E-state index contributed by atoms with van der Waals surface area (Å²) in [6, 6.07) is 3.85. The highest BCUT2D eigenvalue weighted by atomic mass is 19.4. The molecule has 0 aliphatic carbocycles. The van der Waals surface area contributed by atoms with Gasteiger partial charge in [0, 0.05) is 36.8 Å². The van der Waals surface area contributed by atoms with Gasteiger partial charge in [0.15, 0.2) is 0 Å². The average molecular weight is 352 g/mol. The predicted octanol–water partition coefficient (Wildman–Crippen LogP) is 4.20. The van der Waals surface area contributed by atoms with Crippen LogP contribution in [0.3, 0.4) is 0 Å². The summed E-state index contributed by atoms with van der Waals surface area (Å²) in [5.74, 6) is -0.276. The number of nitrogens with zero attached hydrogens (tertiary/aromatic N) is 2. The lowest BCUT2D eigenvalue weighted by Gasteiger charge is -2.23. The van der Waals surface area contributed by atoms with E-state index in [0.29, 0.717) is 24.2 Å². The van der Waals surface area contributed by atoms with E-state index in [-0.39, 0.29) is 29.6 Å². The summed E-state index contributed by atoms with van der Waals surface area (Å²) in [5.41, 5.74) is 0.358. The van der Waals surface area contributed by atoms with Gasteiger partial charge in [-0.05, 0) is 62.8 Å². The molecule has 0 unspecified atom stereocenters. The second-order valence-corrected chi connectivity index (χ2v) is 7.83. The monoisotopic (exact) mass is 352 g/mol. The summed E-state index contributed by atoms with van der Waals surface area (Å²) >= 11 is 0. The summed E-state index contributed by atoms with van der Waals surface area (Å²) in [4.78, 5) is 16.4. The van der Waals surface area contributed by atoms with Crippen molar-refractivity contribution >= 4 is 5.91 Å². The maximum Gasteiger partial charge on any atom is 0.416 e. The first-order valence-electron chi connectivity index (χ1n) is 9.05. The summed E-state index contributed by atoms with van der Waals surface area (Å²) in [6.07, 6.45) is 0.129. The molecule has 1 aromatic carbocycles. The first-order chi connectivity index (χ1) is 11.8. The van der Waals surface area contributed by atoms with E-state index in [0.717, 1.165) is 25.7 Å². The van der Waals surface area contributed by atoms with Crippen molar-refractivity contribution in [3.8, 4) is 0 Å². The van der Waals surface area contributed by atoms with Gasteiger partial charge in [0.05, 0.1) is 5.56 Å². The smallest absolute Gasteiger partial charge is 0.332 e. The third kappa shape index (κ3) is 2.75. The van der Waals surface area contributed by atoms with Crippen molar-refractivity contribution in [2.75, 3.05) is 0 Å². The Kier molecular flexibility index (Phi) is 3.87. The molecule has 0 atom stereocenters.